The third kappa shape index (κ3) is 3.34. The van der Waals surface area contributed by atoms with Crippen molar-refractivity contribution in [2.45, 2.75) is 38.0 Å². The number of thioether (sulfide) groups is 1. The molecule has 0 spiro atoms. The number of H-pyrrole nitrogens is 1. The maximum absolute atomic E-state index is 12.3. The number of aromatic nitrogens is 1. The van der Waals surface area contributed by atoms with Gasteiger partial charge in [-0.3, -0.25) is 0 Å². The summed E-state index contributed by atoms with van der Waals surface area (Å²) in [7, 11) is 0. The highest BCUT2D eigenvalue weighted by Gasteiger charge is 2.25. The predicted molar refractivity (Wildman–Crippen MR) is 94.4 cm³/mol. The van der Waals surface area contributed by atoms with Crippen LogP contribution in [0.2, 0.25) is 5.02 Å². The fourth-order valence-corrected chi connectivity index (χ4v) is 3.61. The van der Waals surface area contributed by atoms with Crippen LogP contribution in [0.15, 0.2) is 11.0 Å². The van der Waals surface area contributed by atoms with Crippen LogP contribution in [0.3, 0.4) is 0 Å². The second-order valence-electron chi connectivity index (χ2n) is 5.12. The number of hydrogen-bond donors (Lipinski definition) is 1. The van der Waals surface area contributed by atoms with Crippen LogP contribution in [0, 0.1) is 11.3 Å². The van der Waals surface area contributed by atoms with Crippen molar-refractivity contribution >= 4 is 40.2 Å². The number of nitriles is 1. The molecule has 1 aromatic carbocycles. The minimum Gasteiger partial charge on any atom is -0.462 e. The normalized spacial score (nSPS) is 10.7. The zero-order valence-corrected chi connectivity index (χ0v) is 15.0. The number of fused-ring (bicyclic) bond motifs is 1. The number of nitrogens with zero attached hydrogens (tertiary/aromatic N) is 1. The Kier molecular flexibility index (Phi) is 5.97. The first kappa shape index (κ1) is 17.7. The highest BCUT2D eigenvalue weighted by atomic mass is 35.5. The molecule has 1 aromatic heterocycles. The average molecular weight is 351 g/mol. The van der Waals surface area contributed by atoms with Gasteiger partial charge in [0, 0.05) is 16.0 Å². The summed E-state index contributed by atoms with van der Waals surface area (Å²) in [4.78, 5) is 16.3. The minimum atomic E-state index is -0.559. The molecule has 0 atom stereocenters. The summed E-state index contributed by atoms with van der Waals surface area (Å²) < 4.78 is 5.07. The molecule has 0 fully saturated rings. The van der Waals surface area contributed by atoms with Crippen LogP contribution < -0.4 is 0 Å². The van der Waals surface area contributed by atoms with E-state index >= 15 is 0 Å². The molecule has 0 aliphatic carbocycles. The van der Waals surface area contributed by atoms with E-state index in [1.165, 1.54) is 11.8 Å². The molecule has 0 bridgehead atoms. The summed E-state index contributed by atoms with van der Waals surface area (Å²) in [6, 6.07) is 4.15. The number of rotatable bonds is 6. The summed E-state index contributed by atoms with van der Waals surface area (Å²) in [6.45, 7) is 4.10. The van der Waals surface area contributed by atoms with Gasteiger partial charge in [0.2, 0.25) is 0 Å². The number of aromatic amines is 1. The number of unbranched alkanes of at least 4 members (excludes halogenated alkanes) is 1. The van der Waals surface area contributed by atoms with Gasteiger partial charge in [0.25, 0.3) is 0 Å². The average Bonchev–Trinajstić information content (AvgIpc) is 2.97. The van der Waals surface area contributed by atoms with Gasteiger partial charge in [-0.1, -0.05) is 24.9 Å². The largest absolute Gasteiger partial charge is 0.462 e. The Hall–Kier alpha value is -1.64. The fourth-order valence-electron chi connectivity index (χ4n) is 2.56. The molecule has 0 saturated carbocycles. The van der Waals surface area contributed by atoms with Crippen LogP contribution in [-0.2, 0) is 11.2 Å². The lowest BCUT2D eigenvalue weighted by atomic mass is 10.0. The van der Waals surface area contributed by atoms with Gasteiger partial charge in [0.1, 0.15) is 6.07 Å². The Morgan fingerprint density at radius 3 is 2.78 bits per heavy atom. The van der Waals surface area contributed by atoms with E-state index in [-0.39, 0.29) is 22.8 Å². The Bertz CT molecular complexity index is 777. The lowest BCUT2D eigenvalue weighted by Gasteiger charge is -2.11. The topological polar surface area (TPSA) is 65.9 Å². The van der Waals surface area contributed by atoms with Crippen molar-refractivity contribution in [2.24, 2.45) is 0 Å². The Morgan fingerprint density at radius 1 is 1.48 bits per heavy atom. The van der Waals surface area contributed by atoms with Crippen molar-refractivity contribution in [3.05, 3.63) is 27.9 Å². The van der Waals surface area contributed by atoms with Crippen molar-refractivity contribution in [1.82, 2.24) is 4.98 Å². The van der Waals surface area contributed by atoms with E-state index in [1.807, 2.05) is 12.3 Å². The summed E-state index contributed by atoms with van der Waals surface area (Å²) in [5, 5.41) is 10.7. The molecule has 1 heterocycles. The van der Waals surface area contributed by atoms with Gasteiger partial charge in [-0.15, -0.1) is 11.8 Å². The number of carbonyl (C=O) groups is 1. The quantitative estimate of drug-likeness (QED) is 0.592. The first-order valence-electron chi connectivity index (χ1n) is 7.57. The summed E-state index contributed by atoms with van der Waals surface area (Å²) >= 11 is 7.88. The van der Waals surface area contributed by atoms with Crippen molar-refractivity contribution in [3.8, 4) is 6.07 Å². The molecule has 0 saturated heterocycles. The van der Waals surface area contributed by atoms with Gasteiger partial charge >= 0.3 is 5.97 Å². The van der Waals surface area contributed by atoms with Gasteiger partial charge in [-0.2, -0.15) is 5.26 Å². The van der Waals surface area contributed by atoms with E-state index < -0.39 is 5.97 Å². The number of carbonyl (C=O) groups excluding carboxylic acids is 1. The van der Waals surface area contributed by atoms with Gasteiger partial charge in [0.15, 0.2) is 0 Å². The van der Waals surface area contributed by atoms with E-state index in [1.54, 1.807) is 6.92 Å². The highest BCUT2D eigenvalue weighted by molar-refractivity contribution is 7.98. The van der Waals surface area contributed by atoms with Crippen LogP contribution in [0.25, 0.3) is 10.9 Å². The molecular weight excluding hydrogens is 332 g/mol. The van der Waals surface area contributed by atoms with Crippen molar-refractivity contribution in [1.29, 1.82) is 5.26 Å². The molecule has 0 unspecified atom stereocenters. The van der Waals surface area contributed by atoms with Crippen LogP contribution in [-0.4, -0.2) is 23.8 Å². The molecule has 6 heteroatoms. The molecular formula is C17H19ClN2O2S. The van der Waals surface area contributed by atoms with Crippen molar-refractivity contribution in [2.75, 3.05) is 12.9 Å². The number of benzene rings is 1. The molecule has 4 nitrogen and oxygen atoms in total. The molecule has 122 valence electrons. The zero-order chi connectivity index (χ0) is 17.0. The van der Waals surface area contributed by atoms with Gasteiger partial charge in [-0.05, 0) is 32.1 Å². The molecule has 2 aromatic rings. The van der Waals surface area contributed by atoms with E-state index in [0.717, 1.165) is 35.2 Å². The number of halogens is 1. The third-order valence-electron chi connectivity index (χ3n) is 3.63. The third-order valence-corrected chi connectivity index (χ3v) is 4.84. The van der Waals surface area contributed by atoms with Crippen LogP contribution in [0.4, 0.5) is 0 Å². The van der Waals surface area contributed by atoms with Crippen LogP contribution >= 0.6 is 23.4 Å². The number of aryl methyl sites for hydroxylation is 1. The molecule has 2 rings (SSSR count). The standard InChI is InChI=1S/C17H19ClN2O2S/c1-4-6-7-10-8-11-15(20-10)14(18)13(17(21)22-5-2)12(9-19)16(11)23-3/h8,20H,4-7H2,1-3H3. The monoisotopic (exact) mass is 350 g/mol. The second kappa shape index (κ2) is 7.76. The SMILES string of the molecule is CCCCc1cc2c(SC)c(C#N)c(C(=O)OCC)c(Cl)c2[nH]1. The minimum absolute atomic E-state index is 0.150. The van der Waals surface area contributed by atoms with Crippen molar-refractivity contribution < 1.29 is 9.53 Å². The number of nitrogens with one attached hydrogen (secondary N) is 1. The van der Waals surface area contributed by atoms with Crippen LogP contribution in [0.1, 0.15) is 48.3 Å². The maximum Gasteiger partial charge on any atom is 0.341 e. The van der Waals surface area contributed by atoms with Gasteiger partial charge in [-0.25, -0.2) is 4.79 Å². The Labute approximate surface area is 145 Å². The van der Waals surface area contributed by atoms with Gasteiger partial charge < -0.3 is 9.72 Å². The molecule has 1 N–H and O–H groups in total. The van der Waals surface area contributed by atoms with Crippen molar-refractivity contribution in [3.63, 3.8) is 0 Å². The predicted octanol–water partition coefficient (Wildman–Crippen LogP) is 4.93. The molecule has 0 aliphatic rings. The summed E-state index contributed by atoms with van der Waals surface area (Å²) in [6.07, 6.45) is 4.95. The molecule has 23 heavy (non-hydrogen) atoms. The number of hydrogen-bond acceptors (Lipinski definition) is 4. The highest BCUT2D eigenvalue weighted by Crippen LogP contribution is 2.39. The summed E-state index contributed by atoms with van der Waals surface area (Å²) in [5.74, 6) is -0.559. The Morgan fingerprint density at radius 2 is 2.22 bits per heavy atom. The van der Waals surface area contributed by atoms with E-state index in [4.69, 9.17) is 16.3 Å². The molecule has 0 amide bonds. The second-order valence-corrected chi connectivity index (χ2v) is 6.31. The lowest BCUT2D eigenvalue weighted by molar-refractivity contribution is 0.0526. The Balaban J connectivity index is 2.73. The maximum atomic E-state index is 12.3. The zero-order valence-electron chi connectivity index (χ0n) is 13.5. The van der Waals surface area contributed by atoms with E-state index in [0.29, 0.717) is 5.52 Å². The smallest absolute Gasteiger partial charge is 0.341 e. The number of esters is 1. The number of ether oxygens (including phenoxy) is 1. The molecule has 0 radical (unpaired) electrons. The fraction of sp³-hybridized carbons (Fsp3) is 0.412. The van der Waals surface area contributed by atoms with Gasteiger partial charge in [0.05, 0.1) is 28.3 Å². The van der Waals surface area contributed by atoms with Crippen LogP contribution in [0.5, 0.6) is 0 Å². The van der Waals surface area contributed by atoms with E-state index in [2.05, 4.69) is 18.0 Å². The summed E-state index contributed by atoms with van der Waals surface area (Å²) in [5.41, 5.74) is 2.19. The lowest BCUT2D eigenvalue weighted by Crippen LogP contribution is -2.09. The first-order valence-corrected chi connectivity index (χ1v) is 9.17. The molecule has 0 aliphatic heterocycles. The van der Waals surface area contributed by atoms with E-state index in [9.17, 15) is 10.1 Å². The first-order chi connectivity index (χ1) is 11.1.